The molecule has 0 saturated heterocycles. The summed E-state index contributed by atoms with van der Waals surface area (Å²) in [6, 6.07) is 7.58. The molecule has 4 heteroatoms. The van der Waals surface area contributed by atoms with E-state index in [0.717, 1.165) is 29.4 Å². The minimum atomic E-state index is -0.283. The van der Waals surface area contributed by atoms with Gasteiger partial charge in [-0.3, -0.25) is 0 Å². The Hall–Kier alpha value is -1.29. The summed E-state index contributed by atoms with van der Waals surface area (Å²) >= 11 is 3.45. The number of allylic oxidation sites excluding steroid dienone is 2. The average molecular weight is 338 g/mol. The first kappa shape index (κ1) is 15.1. The molecule has 108 valence electrons. The van der Waals surface area contributed by atoms with E-state index in [9.17, 15) is 4.79 Å². The van der Waals surface area contributed by atoms with Crippen LogP contribution in [0.15, 0.2) is 40.9 Å². The van der Waals surface area contributed by atoms with Gasteiger partial charge >= 0.3 is 5.97 Å². The Labute approximate surface area is 128 Å². The maximum Gasteiger partial charge on any atom is 0.328 e. The normalized spacial score (nSPS) is 19.4. The Balaban J connectivity index is 2.13. The van der Waals surface area contributed by atoms with Gasteiger partial charge in [-0.05, 0) is 50.3 Å². The first-order chi connectivity index (χ1) is 9.70. The van der Waals surface area contributed by atoms with Crippen molar-refractivity contribution in [2.24, 2.45) is 5.92 Å². The standard InChI is InChI=1S/C16H20BrNO2/c1-2-20-16(19)15(12-7-4-3-5-8-12)18-14-10-6-9-13(17)11-14/h3-4,6,9-12,15,18H,2,5,7-8H2,1H3. The quantitative estimate of drug-likeness (QED) is 0.647. The van der Waals surface area contributed by atoms with Crippen molar-refractivity contribution < 1.29 is 9.53 Å². The van der Waals surface area contributed by atoms with Crippen molar-refractivity contribution >= 4 is 27.6 Å². The van der Waals surface area contributed by atoms with Crippen molar-refractivity contribution in [2.45, 2.75) is 32.2 Å². The van der Waals surface area contributed by atoms with Crippen molar-refractivity contribution in [3.05, 3.63) is 40.9 Å². The third-order valence-corrected chi connectivity index (χ3v) is 3.96. The highest BCUT2D eigenvalue weighted by atomic mass is 79.9. The second-order valence-corrected chi connectivity index (χ2v) is 5.84. The fourth-order valence-electron chi connectivity index (χ4n) is 2.48. The van der Waals surface area contributed by atoms with E-state index in [-0.39, 0.29) is 17.9 Å². The van der Waals surface area contributed by atoms with E-state index in [1.54, 1.807) is 0 Å². The molecule has 0 spiro atoms. The maximum absolute atomic E-state index is 12.2. The number of nitrogens with one attached hydrogen (secondary N) is 1. The molecule has 2 unspecified atom stereocenters. The van der Waals surface area contributed by atoms with Gasteiger partial charge < -0.3 is 10.1 Å². The Kier molecular flexibility index (Phi) is 5.65. The number of halogens is 1. The van der Waals surface area contributed by atoms with Crippen LogP contribution in [-0.4, -0.2) is 18.6 Å². The predicted molar refractivity (Wildman–Crippen MR) is 84.7 cm³/mol. The molecule has 1 aromatic rings. The minimum Gasteiger partial charge on any atom is -0.464 e. The van der Waals surface area contributed by atoms with Gasteiger partial charge in [0.2, 0.25) is 0 Å². The van der Waals surface area contributed by atoms with E-state index in [2.05, 4.69) is 33.4 Å². The Morgan fingerprint density at radius 1 is 1.50 bits per heavy atom. The molecule has 1 N–H and O–H groups in total. The van der Waals surface area contributed by atoms with Crippen LogP contribution in [0.4, 0.5) is 5.69 Å². The molecular weight excluding hydrogens is 318 g/mol. The molecule has 1 aromatic carbocycles. The molecule has 0 aromatic heterocycles. The monoisotopic (exact) mass is 337 g/mol. The molecule has 0 fully saturated rings. The van der Waals surface area contributed by atoms with Crippen molar-refractivity contribution in [3.8, 4) is 0 Å². The van der Waals surface area contributed by atoms with E-state index in [1.807, 2.05) is 31.2 Å². The van der Waals surface area contributed by atoms with Crippen LogP contribution in [0.3, 0.4) is 0 Å². The van der Waals surface area contributed by atoms with Gasteiger partial charge in [-0.1, -0.05) is 34.1 Å². The fourth-order valence-corrected chi connectivity index (χ4v) is 2.88. The van der Waals surface area contributed by atoms with Gasteiger partial charge in [0.1, 0.15) is 6.04 Å². The topological polar surface area (TPSA) is 38.3 Å². The Morgan fingerprint density at radius 3 is 3.00 bits per heavy atom. The van der Waals surface area contributed by atoms with Gasteiger partial charge in [-0.2, -0.15) is 0 Å². The van der Waals surface area contributed by atoms with E-state index < -0.39 is 0 Å². The molecule has 0 heterocycles. The van der Waals surface area contributed by atoms with E-state index >= 15 is 0 Å². The fraction of sp³-hybridized carbons (Fsp3) is 0.438. The number of benzene rings is 1. The number of hydrogen-bond donors (Lipinski definition) is 1. The van der Waals surface area contributed by atoms with Crippen molar-refractivity contribution in [2.75, 3.05) is 11.9 Å². The van der Waals surface area contributed by atoms with Gasteiger partial charge in [0.25, 0.3) is 0 Å². The van der Waals surface area contributed by atoms with Crippen LogP contribution in [0, 0.1) is 5.92 Å². The van der Waals surface area contributed by atoms with Crippen molar-refractivity contribution in [1.29, 1.82) is 0 Å². The summed E-state index contributed by atoms with van der Waals surface area (Å²) in [5.41, 5.74) is 0.937. The van der Waals surface area contributed by atoms with Gasteiger partial charge in [0, 0.05) is 10.2 Å². The summed E-state index contributed by atoms with van der Waals surface area (Å²) < 4.78 is 6.22. The summed E-state index contributed by atoms with van der Waals surface area (Å²) in [6.45, 7) is 2.26. The van der Waals surface area contributed by atoms with Gasteiger partial charge in [0.15, 0.2) is 0 Å². The zero-order valence-corrected chi connectivity index (χ0v) is 13.2. The highest BCUT2D eigenvalue weighted by molar-refractivity contribution is 9.10. The number of hydrogen-bond acceptors (Lipinski definition) is 3. The largest absolute Gasteiger partial charge is 0.464 e. The average Bonchev–Trinajstić information content (AvgIpc) is 2.46. The lowest BCUT2D eigenvalue weighted by Gasteiger charge is -2.28. The Bertz CT molecular complexity index is 487. The summed E-state index contributed by atoms with van der Waals surface area (Å²) in [7, 11) is 0. The number of rotatable bonds is 5. The first-order valence-corrected chi connectivity index (χ1v) is 7.83. The minimum absolute atomic E-state index is 0.159. The lowest BCUT2D eigenvalue weighted by molar-refractivity contribution is -0.145. The van der Waals surface area contributed by atoms with Gasteiger partial charge in [-0.25, -0.2) is 4.79 Å². The second-order valence-electron chi connectivity index (χ2n) is 4.93. The van der Waals surface area contributed by atoms with Crippen LogP contribution in [0.2, 0.25) is 0 Å². The summed E-state index contributed by atoms with van der Waals surface area (Å²) in [6.07, 6.45) is 7.30. The smallest absolute Gasteiger partial charge is 0.328 e. The van der Waals surface area contributed by atoms with Crippen molar-refractivity contribution in [3.63, 3.8) is 0 Å². The molecule has 0 radical (unpaired) electrons. The molecule has 0 bridgehead atoms. The number of ether oxygens (including phenoxy) is 1. The molecule has 1 aliphatic rings. The predicted octanol–water partition coefficient (Wildman–Crippen LogP) is 4.15. The first-order valence-electron chi connectivity index (χ1n) is 7.04. The van der Waals surface area contributed by atoms with Crippen LogP contribution in [0.1, 0.15) is 26.2 Å². The number of carbonyl (C=O) groups is 1. The van der Waals surface area contributed by atoms with Gasteiger partial charge in [-0.15, -0.1) is 0 Å². The number of anilines is 1. The molecule has 0 saturated carbocycles. The zero-order valence-electron chi connectivity index (χ0n) is 11.6. The van der Waals surface area contributed by atoms with Crippen LogP contribution in [0.5, 0.6) is 0 Å². The number of esters is 1. The molecule has 0 amide bonds. The molecule has 0 aliphatic heterocycles. The van der Waals surface area contributed by atoms with Crippen LogP contribution < -0.4 is 5.32 Å². The highest BCUT2D eigenvalue weighted by Crippen LogP contribution is 2.26. The lowest BCUT2D eigenvalue weighted by Crippen LogP contribution is -2.38. The molecule has 20 heavy (non-hydrogen) atoms. The van der Waals surface area contributed by atoms with E-state index in [4.69, 9.17) is 4.74 Å². The van der Waals surface area contributed by atoms with Crippen LogP contribution >= 0.6 is 15.9 Å². The van der Waals surface area contributed by atoms with E-state index in [0.29, 0.717) is 6.61 Å². The third kappa shape index (κ3) is 4.10. The van der Waals surface area contributed by atoms with Gasteiger partial charge in [0.05, 0.1) is 6.61 Å². The summed E-state index contributed by atoms with van der Waals surface area (Å²) in [5.74, 6) is 0.130. The lowest BCUT2D eigenvalue weighted by atomic mass is 9.87. The van der Waals surface area contributed by atoms with E-state index in [1.165, 1.54) is 0 Å². The summed E-state index contributed by atoms with van der Waals surface area (Å²) in [5, 5.41) is 3.34. The zero-order chi connectivity index (χ0) is 14.4. The molecule has 2 atom stereocenters. The summed E-state index contributed by atoms with van der Waals surface area (Å²) in [4.78, 5) is 12.2. The highest BCUT2D eigenvalue weighted by Gasteiger charge is 2.29. The molecular formula is C16H20BrNO2. The SMILES string of the molecule is CCOC(=O)C(Nc1cccc(Br)c1)C1CC=CCC1. The Morgan fingerprint density at radius 2 is 2.35 bits per heavy atom. The van der Waals surface area contributed by atoms with Crippen molar-refractivity contribution in [1.82, 2.24) is 0 Å². The van der Waals surface area contributed by atoms with Crippen LogP contribution in [-0.2, 0) is 9.53 Å². The molecule has 3 nitrogen and oxygen atoms in total. The maximum atomic E-state index is 12.2. The number of carbonyl (C=O) groups excluding carboxylic acids is 1. The third-order valence-electron chi connectivity index (χ3n) is 3.47. The second kappa shape index (κ2) is 7.48. The molecule has 2 rings (SSSR count). The van der Waals surface area contributed by atoms with Crippen LogP contribution in [0.25, 0.3) is 0 Å². The molecule has 1 aliphatic carbocycles.